The number of likely N-dealkylation sites (tertiary alicyclic amines) is 1. The number of nitrogens with zero attached hydrogens (tertiary/aromatic N) is 1. The summed E-state index contributed by atoms with van der Waals surface area (Å²) in [5.74, 6) is -0.0216. The molecule has 2 aromatic rings. The highest BCUT2D eigenvalue weighted by Gasteiger charge is 2.26. The number of benzene rings is 2. The highest BCUT2D eigenvalue weighted by Crippen LogP contribution is 2.21. The summed E-state index contributed by atoms with van der Waals surface area (Å²) < 4.78 is 10.9. The first-order chi connectivity index (χ1) is 13.1. The van der Waals surface area contributed by atoms with Crippen LogP contribution in [0.3, 0.4) is 0 Å². The van der Waals surface area contributed by atoms with Gasteiger partial charge in [0.15, 0.2) is 12.7 Å². The summed E-state index contributed by atoms with van der Waals surface area (Å²) in [6, 6.07) is 17.7. The van der Waals surface area contributed by atoms with E-state index in [1.165, 1.54) is 5.56 Å². The molecular formula is C22H25NO4. The molecule has 27 heavy (non-hydrogen) atoms. The van der Waals surface area contributed by atoms with Crippen LogP contribution in [-0.4, -0.2) is 42.6 Å². The lowest BCUT2D eigenvalue weighted by Gasteiger charge is -2.20. The second-order valence-electron chi connectivity index (χ2n) is 6.72. The Hall–Kier alpha value is -2.82. The maximum atomic E-state index is 12.2. The summed E-state index contributed by atoms with van der Waals surface area (Å²) in [5, 5.41) is 0. The third-order valence-electron chi connectivity index (χ3n) is 4.63. The smallest absolute Gasteiger partial charge is 0.344 e. The summed E-state index contributed by atoms with van der Waals surface area (Å²) in [6.45, 7) is 2.87. The molecule has 1 fully saturated rings. The van der Waals surface area contributed by atoms with Crippen molar-refractivity contribution in [2.75, 3.05) is 19.7 Å². The maximum Gasteiger partial charge on any atom is 0.344 e. The van der Waals surface area contributed by atoms with Crippen LogP contribution in [0.4, 0.5) is 0 Å². The van der Waals surface area contributed by atoms with E-state index in [9.17, 15) is 9.59 Å². The van der Waals surface area contributed by atoms with Crippen LogP contribution < -0.4 is 4.74 Å². The zero-order chi connectivity index (χ0) is 19.1. The van der Waals surface area contributed by atoms with Gasteiger partial charge in [-0.1, -0.05) is 48.5 Å². The first-order valence-electron chi connectivity index (χ1n) is 9.36. The van der Waals surface area contributed by atoms with Crippen molar-refractivity contribution in [1.82, 2.24) is 4.90 Å². The molecule has 1 aliphatic rings. The van der Waals surface area contributed by atoms with E-state index in [4.69, 9.17) is 9.47 Å². The van der Waals surface area contributed by atoms with E-state index in [1.54, 1.807) is 11.8 Å². The van der Waals surface area contributed by atoms with Crippen LogP contribution in [0.2, 0.25) is 0 Å². The quantitative estimate of drug-likeness (QED) is 0.705. The third-order valence-corrected chi connectivity index (χ3v) is 4.63. The average molecular weight is 367 g/mol. The van der Waals surface area contributed by atoms with E-state index >= 15 is 0 Å². The van der Waals surface area contributed by atoms with Crippen LogP contribution in [0.5, 0.6) is 5.75 Å². The van der Waals surface area contributed by atoms with E-state index in [0.29, 0.717) is 5.75 Å². The number of carbonyl (C=O) groups excluding carboxylic acids is 2. The number of ether oxygens (including phenoxy) is 2. The van der Waals surface area contributed by atoms with Gasteiger partial charge in [0.05, 0.1) is 0 Å². The van der Waals surface area contributed by atoms with Crippen molar-refractivity contribution in [2.45, 2.75) is 32.3 Å². The van der Waals surface area contributed by atoms with Gasteiger partial charge in [0.1, 0.15) is 5.75 Å². The number of hydrogen-bond acceptors (Lipinski definition) is 4. The SMILES string of the molecule is CC(OC(=O)COc1ccccc1Cc1ccccc1)C(=O)N1CCCC1. The molecule has 0 aliphatic carbocycles. The van der Waals surface area contributed by atoms with Gasteiger partial charge in [-0.15, -0.1) is 0 Å². The Morgan fingerprint density at radius 1 is 1.00 bits per heavy atom. The lowest BCUT2D eigenvalue weighted by Crippen LogP contribution is -2.38. The van der Waals surface area contributed by atoms with Gasteiger partial charge in [0.25, 0.3) is 5.91 Å². The van der Waals surface area contributed by atoms with E-state index in [1.807, 2.05) is 42.5 Å². The highest BCUT2D eigenvalue weighted by molar-refractivity contribution is 5.84. The second-order valence-corrected chi connectivity index (χ2v) is 6.72. The van der Waals surface area contributed by atoms with Crippen molar-refractivity contribution in [3.05, 3.63) is 65.7 Å². The Labute approximate surface area is 159 Å². The highest BCUT2D eigenvalue weighted by atomic mass is 16.6. The van der Waals surface area contributed by atoms with Gasteiger partial charge in [-0.05, 0) is 37.0 Å². The molecule has 1 saturated heterocycles. The van der Waals surface area contributed by atoms with Crippen molar-refractivity contribution in [3.63, 3.8) is 0 Å². The predicted octanol–water partition coefficient (Wildman–Crippen LogP) is 3.21. The van der Waals surface area contributed by atoms with Crippen molar-refractivity contribution in [2.24, 2.45) is 0 Å². The zero-order valence-corrected chi connectivity index (χ0v) is 15.6. The van der Waals surface area contributed by atoms with Crippen LogP contribution in [0.25, 0.3) is 0 Å². The maximum absolute atomic E-state index is 12.2. The molecule has 1 aliphatic heterocycles. The van der Waals surface area contributed by atoms with Gasteiger partial charge in [-0.25, -0.2) is 4.79 Å². The fourth-order valence-electron chi connectivity index (χ4n) is 3.22. The standard InChI is InChI=1S/C22H25NO4/c1-17(22(25)23-13-7-8-14-23)27-21(24)16-26-20-12-6-5-11-19(20)15-18-9-3-2-4-10-18/h2-6,9-12,17H,7-8,13-16H2,1H3. The van der Waals surface area contributed by atoms with E-state index < -0.39 is 12.1 Å². The molecule has 3 rings (SSSR count). The fourth-order valence-corrected chi connectivity index (χ4v) is 3.22. The van der Waals surface area contributed by atoms with Crippen molar-refractivity contribution < 1.29 is 19.1 Å². The Balaban J connectivity index is 1.53. The van der Waals surface area contributed by atoms with Crippen LogP contribution >= 0.6 is 0 Å². The monoisotopic (exact) mass is 367 g/mol. The Kier molecular flexibility index (Phi) is 6.47. The molecule has 0 saturated carbocycles. The molecule has 1 atom stereocenters. The number of amides is 1. The van der Waals surface area contributed by atoms with Gasteiger partial charge >= 0.3 is 5.97 Å². The Morgan fingerprint density at radius 3 is 2.41 bits per heavy atom. The largest absolute Gasteiger partial charge is 0.482 e. The molecule has 142 valence electrons. The molecule has 0 spiro atoms. The molecule has 1 unspecified atom stereocenters. The van der Waals surface area contributed by atoms with Crippen molar-refractivity contribution >= 4 is 11.9 Å². The molecule has 0 bridgehead atoms. The molecule has 5 heteroatoms. The predicted molar refractivity (Wildman–Crippen MR) is 103 cm³/mol. The minimum atomic E-state index is -0.779. The number of para-hydroxylation sites is 1. The molecule has 1 amide bonds. The summed E-state index contributed by atoms with van der Waals surface area (Å²) in [6.07, 6.45) is 1.95. The summed E-state index contributed by atoms with van der Waals surface area (Å²) >= 11 is 0. The minimum Gasteiger partial charge on any atom is -0.482 e. The first-order valence-corrected chi connectivity index (χ1v) is 9.36. The fraction of sp³-hybridized carbons (Fsp3) is 0.364. The summed E-state index contributed by atoms with van der Waals surface area (Å²) in [5.41, 5.74) is 2.17. The molecule has 5 nitrogen and oxygen atoms in total. The first kappa shape index (κ1) is 19.0. The number of rotatable bonds is 7. The summed E-state index contributed by atoms with van der Waals surface area (Å²) in [4.78, 5) is 26.1. The number of esters is 1. The topological polar surface area (TPSA) is 55.8 Å². The van der Waals surface area contributed by atoms with Crippen molar-refractivity contribution in [3.8, 4) is 5.75 Å². The van der Waals surface area contributed by atoms with E-state index in [0.717, 1.165) is 37.9 Å². The van der Waals surface area contributed by atoms with E-state index in [-0.39, 0.29) is 12.5 Å². The lowest BCUT2D eigenvalue weighted by atomic mass is 10.0. The molecule has 0 N–H and O–H groups in total. The van der Waals surface area contributed by atoms with Gasteiger partial charge in [0.2, 0.25) is 0 Å². The summed E-state index contributed by atoms with van der Waals surface area (Å²) in [7, 11) is 0. The number of hydrogen-bond donors (Lipinski definition) is 0. The third kappa shape index (κ3) is 5.33. The Morgan fingerprint density at radius 2 is 1.67 bits per heavy atom. The van der Waals surface area contributed by atoms with Gasteiger partial charge in [0, 0.05) is 19.5 Å². The minimum absolute atomic E-state index is 0.134. The van der Waals surface area contributed by atoms with Crippen molar-refractivity contribution in [1.29, 1.82) is 0 Å². The van der Waals surface area contributed by atoms with Crippen LogP contribution in [0.1, 0.15) is 30.9 Å². The van der Waals surface area contributed by atoms with Crippen LogP contribution in [-0.2, 0) is 20.7 Å². The normalized spacial score (nSPS) is 14.6. The molecule has 0 radical (unpaired) electrons. The van der Waals surface area contributed by atoms with Gasteiger partial charge < -0.3 is 14.4 Å². The lowest BCUT2D eigenvalue weighted by molar-refractivity contribution is -0.160. The average Bonchev–Trinajstić information content (AvgIpc) is 3.22. The Bertz CT molecular complexity index is 769. The van der Waals surface area contributed by atoms with Gasteiger partial charge in [-0.3, -0.25) is 4.79 Å². The molecule has 2 aromatic carbocycles. The molecule has 0 aromatic heterocycles. The van der Waals surface area contributed by atoms with Gasteiger partial charge in [-0.2, -0.15) is 0 Å². The molecular weight excluding hydrogens is 342 g/mol. The van der Waals surface area contributed by atoms with E-state index in [2.05, 4.69) is 12.1 Å². The van der Waals surface area contributed by atoms with Crippen LogP contribution in [0, 0.1) is 0 Å². The number of carbonyl (C=O) groups is 2. The van der Waals surface area contributed by atoms with Crippen LogP contribution in [0.15, 0.2) is 54.6 Å². The zero-order valence-electron chi connectivity index (χ0n) is 15.6. The molecule has 1 heterocycles. The second kappa shape index (κ2) is 9.21.